The van der Waals surface area contributed by atoms with Gasteiger partial charge < -0.3 is 71.0 Å². The highest BCUT2D eigenvalue weighted by atomic mass is 35.5. The Morgan fingerprint density at radius 2 is 1.16 bits per heavy atom. The topological polar surface area (TPSA) is 360 Å². The van der Waals surface area contributed by atoms with Gasteiger partial charge in [0.05, 0.1) is 30.1 Å². The maximum atomic E-state index is 15.5. The van der Waals surface area contributed by atoms with Crippen LogP contribution in [0.2, 0.25) is 30.1 Å². The molecule has 0 radical (unpaired) electrons. The molecule has 7 aromatic carbocycles. The number of aliphatic imine (C=N–C) groups is 4. The number of H-pyrrole nitrogens is 1. The highest BCUT2D eigenvalue weighted by molar-refractivity contribution is 6.45. The summed E-state index contributed by atoms with van der Waals surface area (Å²) < 4.78 is 6.39. The lowest BCUT2D eigenvalue weighted by atomic mass is 9.95. The Labute approximate surface area is 532 Å². The number of carbonyl (C=O) groups is 4. The fourth-order valence-corrected chi connectivity index (χ4v) is 11.5. The third-order valence-corrected chi connectivity index (χ3v) is 16.4. The van der Waals surface area contributed by atoms with Crippen molar-refractivity contribution in [3.8, 4) is 51.4 Å². The molecular formula is C61H45Cl6N7O15. The minimum absolute atomic E-state index is 0.0179. The zero-order valence-corrected chi connectivity index (χ0v) is 50.0. The van der Waals surface area contributed by atoms with Crippen LogP contribution < -0.4 is 10.1 Å². The molecule has 9 bridgehead atoms. The van der Waals surface area contributed by atoms with E-state index in [-0.39, 0.29) is 73.5 Å². The second-order valence-electron chi connectivity index (χ2n) is 20.4. The number of aliphatic hydroxyl groups is 4. The van der Waals surface area contributed by atoms with Crippen molar-refractivity contribution in [1.82, 2.24) is 15.2 Å². The zero-order chi connectivity index (χ0) is 64.0. The molecule has 0 saturated carbocycles. The number of rotatable bonds is 9. The van der Waals surface area contributed by atoms with Crippen LogP contribution in [-0.2, 0) is 27.2 Å². The number of carboxylic acid groups (broad SMARTS) is 1. The molecule has 0 spiro atoms. The number of amides is 2. The molecular weight excluding hydrogens is 1280 g/mol. The van der Waals surface area contributed by atoms with Crippen LogP contribution in [-0.4, -0.2) is 127 Å². The van der Waals surface area contributed by atoms with Crippen LogP contribution in [0.5, 0.6) is 40.2 Å². The standard InChI is InChI=1S/C61H45Cl6N7O15/c1-74-44(56(82)73-49(61(87)88)25-4-7-32(75)8-5-25)12-24-2-9-33(10-3-24)89-45-22-27-13-35(51(45)77)26-6-11-34-31(23-68-42(34)20-26)21-43(69-59(85)50(76)30-18-40(66)54(80)41(67)19-30)55(81)70-47(28-14-36(62)52(78)37(63)15-28)57(83)71-46(27)58(84)72-48(60(74)86)29-16-38(64)53(79)39(65)17-29/h2-11,13-20,22-23,43-44,46-49,68,75,77-80H,12,21H2,1H3,(H,69,85)(H,70,81)(H,71,83)(H,72,84)(H,73,82)(H,87,88)/t43-,44+,46-,47+,48-,49?/m1/s1. The Bertz CT molecular complexity index is 4280. The molecule has 89 heavy (non-hydrogen) atoms. The molecule has 1 aromatic heterocycles. The largest absolute Gasteiger partial charge is 0.508 e. The average Bonchev–Trinajstić information content (AvgIpc) is 1.98. The van der Waals surface area contributed by atoms with E-state index in [0.29, 0.717) is 27.6 Å². The fraction of sp³-hybridized carbons (Fsp3) is 0.148. The number of aromatic nitrogens is 1. The average molecular weight is 1330 g/mol. The van der Waals surface area contributed by atoms with Gasteiger partial charge >= 0.3 is 5.97 Å². The first-order valence-electron chi connectivity index (χ1n) is 26.2. The van der Waals surface area contributed by atoms with Crippen molar-refractivity contribution >= 4 is 128 Å². The predicted octanol–water partition coefficient (Wildman–Crippen LogP) is 12.6. The van der Waals surface area contributed by atoms with Crippen LogP contribution in [0.3, 0.4) is 0 Å². The lowest BCUT2D eigenvalue weighted by Gasteiger charge is -2.30. The molecule has 28 heteroatoms. The molecule has 12 rings (SSSR count). The van der Waals surface area contributed by atoms with Gasteiger partial charge in [0.15, 0.2) is 52.9 Å². The number of halogens is 6. The summed E-state index contributed by atoms with van der Waals surface area (Å²) in [6, 6.07) is 13.7. The molecule has 0 saturated heterocycles. The van der Waals surface area contributed by atoms with Crippen molar-refractivity contribution in [3.63, 3.8) is 0 Å². The Morgan fingerprint density at radius 1 is 0.629 bits per heavy atom. The normalized spacial score (nSPS) is 18.5. The Hall–Kier alpha value is -9.42. The molecule has 0 aliphatic carbocycles. The van der Waals surface area contributed by atoms with Gasteiger partial charge in [0, 0.05) is 48.1 Å². The number of phenols is 5. The number of ketones is 1. The van der Waals surface area contributed by atoms with Crippen LogP contribution in [0.15, 0.2) is 141 Å². The van der Waals surface area contributed by atoms with Crippen molar-refractivity contribution in [1.29, 1.82) is 0 Å². The number of hydrogen-bond donors (Lipinski definition) is 12. The zero-order valence-electron chi connectivity index (χ0n) is 45.4. The van der Waals surface area contributed by atoms with E-state index in [1.807, 2.05) is 0 Å². The van der Waals surface area contributed by atoms with Crippen molar-refractivity contribution in [3.05, 3.63) is 191 Å². The number of aromatic amines is 1. The number of aliphatic carboxylic acids is 1. The minimum Gasteiger partial charge on any atom is -0.508 e. The summed E-state index contributed by atoms with van der Waals surface area (Å²) in [6.45, 7) is 0. The number of carbonyl (C=O) groups excluding carboxylic acids is 3. The van der Waals surface area contributed by atoms with E-state index in [9.17, 15) is 65.4 Å². The smallest absolute Gasteiger partial charge is 0.333 e. The molecule has 1 unspecified atom stereocenters. The summed E-state index contributed by atoms with van der Waals surface area (Å²) in [7, 11) is 1.21. The number of aromatic hydroxyl groups is 5. The SMILES string of the molecule is CN1C(=O)[C@@H](c2cc(Cl)c(O)c(Cl)c2)N=C(O)[C@@H]2N=C(O)[C@H](c3cc(Cl)c(O)c(Cl)c3)N=C(O)[C@H](NC(=O)C(=O)c3cc(Cl)c(O)c(Cl)c3)Cc3c[nH]c4cc(ccc34)-c3cc2cc(c3O)Oc2ccc(cc2)C[C@H]1C(O)=NC(C(=O)O)c1ccc(O)cc1. The van der Waals surface area contributed by atoms with E-state index in [4.69, 9.17) is 74.3 Å². The number of phenolic OH excluding ortho intramolecular Hbond substituents is 5. The number of hydrogen-bond acceptors (Lipinski definition) is 14. The second kappa shape index (κ2) is 25.4. The monoisotopic (exact) mass is 1330 g/mol. The van der Waals surface area contributed by atoms with Crippen LogP contribution in [0, 0.1) is 0 Å². The molecule has 456 valence electrons. The molecule has 4 aliphatic rings. The predicted molar refractivity (Wildman–Crippen MR) is 333 cm³/mol. The summed E-state index contributed by atoms with van der Waals surface area (Å²) in [5, 5.41) is 115. The Balaban J connectivity index is 1.22. The van der Waals surface area contributed by atoms with Crippen molar-refractivity contribution < 1.29 is 75.0 Å². The molecule has 6 atom stereocenters. The van der Waals surface area contributed by atoms with E-state index in [2.05, 4.69) is 30.3 Å². The first kappa shape index (κ1) is 62.6. The van der Waals surface area contributed by atoms with Gasteiger partial charge in [0.25, 0.3) is 11.8 Å². The molecule has 4 aliphatic heterocycles. The maximum Gasteiger partial charge on any atom is 0.333 e. The van der Waals surface area contributed by atoms with Crippen LogP contribution in [0.1, 0.15) is 67.9 Å². The lowest BCUT2D eigenvalue weighted by molar-refractivity contribution is -0.138. The van der Waals surface area contributed by atoms with Gasteiger partial charge in [-0.25, -0.2) is 24.8 Å². The number of carboxylic acids is 1. The number of nitrogens with zero attached hydrogens (tertiary/aromatic N) is 5. The third-order valence-electron chi connectivity index (χ3n) is 14.6. The van der Waals surface area contributed by atoms with Gasteiger partial charge in [0.1, 0.15) is 23.6 Å². The highest BCUT2D eigenvalue weighted by Crippen LogP contribution is 2.46. The Morgan fingerprint density at radius 3 is 1.73 bits per heavy atom. The summed E-state index contributed by atoms with van der Waals surface area (Å²) in [6.07, 6.45) is 0.893. The van der Waals surface area contributed by atoms with Gasteiger partial charge in [-0.05, 0) is 118 Å². The molecule has 22 nitrogen and oxygen atoms in total. The van der Waals surface area contributed by atoms with Crippen LogP contribution >= 0.6 is 69.6 Å². The van der Waals surface area contributed by atoms with E-state index in [1.165, 1.54) is 61.8 Å². The van der Waals surface area contributed by atoms with Crippen molar-refractivity contribution in [2.45, 2.75) is 49.1 Å². The lowest BCUT2D eigenvalue weighted by Crippen LogP contribution is -2.46. The number of likely N-dealkylation sites (N-methyl/N-ethyl adjacent to an activating group) is 1. The fourth-order valence-electron chi connectivity index (χ4n) is 9.97. The summed E-state index contributed by atoms with van der Waals surface area (Å²) >= 11 is 38.1. The first-order valence-corrected chi connectivity index (χ1v) is 28.5. The summed E-state index contributed by atoms with van der Waals surface area (Å²) in [4.78, 5) is 77.8. The van der Waals surface area contributed by atoms with Gasteiger partial charge in [-0.1, -0.05) is 106 Å². The van der Waals surface area contributed by atoms with E-state index in [1.54, 1.807) is 30.3 Å². The summed E-state index contributed by atoms with van der Waals surface area (Å²) in [5.74, 6) is -12.0. The number of Topliss-reactive ketones (excluding diaryl/α,β-unsaturated/α-hetero) is 1. The van der Waals surface area contributed by atoms with E-state index in [0.717, 1.165) is 41.3 Å². The minimum atomic E-state index is -2.07. The Kier molecular flexibility index (Phi) is 17.8. The molecule has 0 fully saturated rings. The first-order chi connectivity index (χ1) is 42.2. The van der Waals surface area contributed by atoms with Crippen LogP contribution in [0.25, 0.3) is 22.0 Å². The molecule has 5 heterocycles. The highest BCUT2D eigenvalue weighted by Gasteiger charge is 2.37. The van der Waals surface area contributed by atoms with Crippen molar-refractivity contribution in [2.24, 2.45) is 20.0 Å². The number of fused-ring (bicyclic) bond motifs is 12. The van der Waals surface area contributed by atoms with Gasteiger partial charge in [-0.2, -0.15) is 0 Å². The molecule has 8 aromatic rings. The molecule has 12 N–H and O–H groups in total. The van der Waals surface area contributed by atoms with Crippen LogP contribution in [0.4, 0.5) is 0 Å². The van der Waals surface area contributed by atoms with Crippen molar-refractivity contribution in [2.75, 3.05) is 7.05 Å². The van der Waals surface area contributed by atoms with Gasteiger partial charge in [0.2, 0.25) is 29.4 Å². The summed E-state index contributed by atoms with van der Waals surface area (Å²) in [5.41, 5.74) is 0.629. The van der Waals surface area contributed by atoms with Gasteiger partial charge in [-0.15, -0.1) is 0 Å². The second-order valence-corrected chi connectivity index (χ2v) is 22.9. The number of benzene rings is 7. The third kappa shape index (κ3) is 13.0. The number of ether oxygens (including phenoxy) is 1. The maximum absolute atomic E-state index is 15.5. The van der Waals surface area contributed by atoms with Gasteiger partial charge in [-0.3, -0.25) is 14.4 Å². The number of aliphatic hydroxyl groups excluding tert-OH is 4. The molecule has 2 amide bonds. The van der Waals surface area contributed by atoms with E-state index < -0.39 is 126 Å². The quantitative estimate of drug-likeness (QED) is 0.0276. The van der Waals surface area contributed by atoms with E-state index >= 15 is 4.79 Å². The number of nitrogens with one attached hydrogen (secondary N) is 2.